The summed E-state index contributed by atoms with van der Waals surface area (Å²) in [4.78, 5) is 26.4. The number of amides is 2. The monoisotopic (exact) mass is 383 g/mol. The van der Waals surface area contributed by atoms with Crippen molar-refractivity contribution < 1.29 is 22.4 Å². The predicted octanol–water partition coefficient (Wildman–Crippen LogP) is 0.739. The van der Waals surface area contributed by atoms with Gasteiger partial charge < -0.3 is 9.80 Å². The molecule has 0 aliphatic carbocycles. The van der Waals surface area contributed by atoms with Crippen molar-refractivity contribution in [2.75, 3.05) is 26.7 Å². The van der Waals surface area contributed by atoms with E-state index in [-0.39, 0.29) is 29.8 Å². The van der Waals surface area contributed by atoms with E-state index in [1.807, 2.05) is 0 Å². The van der Waals surface area contributed by atoms with Gasteiger partial charge in [0.25, 0.3) is 0 Å². The average Bonchev–Trinajstić information content (AvgIpc) is 2.60. The van der Waals surface area contributed by atoms with Gasteiger partial charge in [-0.15, -0.1) is 0 Å². The molecule has 1 atom stereocenters. The van der Waals surface area contributed by atoms with Crippen LogP contribution in [-0.2, 0) is 19.6 Å². The maximum atomic E-state index is 13.3. The number of likely N-dealkylation sites (tertiary alicyclic amines) is 1. The predicted molar refractivity (Wildman–Crippen MR) is 94.2 cm³/mol. The van der Waals surface area contributed by atoms with Crippen LogP contribution in [0.5, 0.6) is 0 Å². The number of carbonyl (C=O) groups is 2. The number of sulfonamides is 1. The fraction of sp³-hybridized carbons (Fsp3) is 0.412. The molecule has 1 unspecified atom stereocenters. The molecule has 9 heteroatoms. The minimum atomic E-state index is -3.88. The topological polar surface area (TPSA) is 86.8 Å². The quantitative estimate of drug-likeness (QED) is 0.734. The molecule has 2 amide bonds. The lowest BCUT2D eigenvalue weighted by Crippen LogP contribution is -2.51. The van der Waals surface area contributed by atoms with Crippen LogP contribution >= 0.6 is 0 Å². The first kappa shape index (κ1) is 20.1. The Kier molecular flexibility index (Phi) is 6.49. The third-order valence-electron chi connectivity index (χ3n) is 4.13. The molecule has 1 aliphatic heterocycles. The summed E-state index contributed by atoms with van der Waals surface area (Å²) >= 11 is 0. The van der Waals surface area contributed by atoms with Gasteiger partial charge in [-0.05, 0) is 37.1 Å². The van der Waals surface area contributed by atoms with Crippen LogP contribution in [0.4, 0.5) is 4.39 Å². The SMILES string of the molecule is C=CC(=O)N(C)CC(=O)N1CCCC(NS(=O)(=O)c2cccc(F)c2)C1. The Morgan fingerprint density at radius 2 is 2.19 bits per heavy atom. The van der Waals surface area contributed by atoms with E-state index in [1.54, 1.807) is 0 Å². The molecule has 1 aliphatic rings. The second-order valence-corrected chi connectivity index (χ2v) is 7.87. The van der Waals surface area contributed by atoms with Crippen molar-refractivity contribution in [1.29, 1.82) is 0 Å². The molecular formula is C17H22FN3O4S. The number of hydrogen-bond acceptors (Lipinski definition) is 4. The normalized spacial score (nSPS) is 17.6. The largest absolute Gasteiger partial charge is 0.340 e. The number of benzene rings is 1. The third-order valence-corrected chi connectivity index (χ3v) is 5.64. The summed E-state index contributed by atoms with van der Waals surface area (Å²) < 4.78 is 40.6. The molecule has 0 radical (unpaired) electrons. The van der Waals surface area contributed by atoms with Crippen molar-refractivity contribution in [1.82, 2.24) is 14.5 Å². The highest BCUT2D eigenvalue weighted by molar-refractivity contribution is 7.89. The molecule has 1 aromatic rings. The minimum Gasteiger partial charge on any atom is -0.340 e. The Balaban J connectivity index is 2.00. The molecule has 0 spiro atoms. The number of nitrogens with zero attached hydrogens (tertiary/aromatic N) is 2. The highest BCUT2D eigenvalue weighted by Gasteiger charge is 2.28. The van der Waals surface area contributed by atoms with Crippen molar-refractivity contribution in [2.24, 2.45) is 0 Å². The van der Waals surface area contributed by atoms with Gasteiger partial charge in [0.2, 0.25) is 21.8 Å². The zero-order chi connectivity index (χ0) is 19.3. The van der Waals surface area contributed by atoms with Crippen molar-refractivity contribution >= 4 is 21.8 Å². The molecule has 26 heavy (non-hydrogen) atoms. The fourth-order valence-corrected chi connectivity index (χ4v) is 4.05. The van der Waals surface area contributed by atoms with Gasteiger partial charge in [-0.2, -0.15) is 0 Å². The van der Waals surface area contributed by atoms with Crippen molar-refractivity contribution in [3.8, 4) is 0 Å². The third kappa shape index (κ3) is 5.12. The highest BCUT2D eigenvalue weighted by Crippen LogP contribution is 2.16. The van der Waals surface area contributed by atoms with E-state index in [2.05, 4.69) is 11.3 Å². The molecular weight excluding hydrogens is 361 g/mol. The first-order valence-corrected chi connectivity index (χ1v) is 9.64. The summed E-state index contributed by atoms with van der Waals surface area (Å²) in [6.45, 7) is 3.96. The molecule has 1 saturated heterocycles. The second kappa shape index (κ2) is 8.41. The Morgan fingerprint density at radius 1 is 1.46 bits per heavy atom. The number of nitrogens with one attached hydrogen (secondary N) is 1. The van der Waals surface area contributed by atoms with E-state index < -0.39 is 21.9 Å². The maximum Gasteiger partial charge on any atom is 0.246 e. The Hall–Kier alpha value is -2.26. The lowest BCUT2D eigenvalue weighted by Gasteiger charge is -2.34. The van der Waals surface area contributed by atoms with Crippen LogP contribution in [0.15, 0.2) is 41.8 Å². The van der Waals surface area contributed by atoms with Crippen LogP contribution in [0.3, 0.4) is 0 Å². The molecule has 1 fully saturated rings. The lowest BCUT2D eigenvalue weighted by atomic mass is 10.1. The standard InChI is InChI=1S/C17H22FN3O4S/c1-3-16(22)20(2)12-17(23)21-9-5-7-14(11-21)19-26(24,25)15-8-4-6-13(18)10-15/h3-4,6,8,10,14,19H,1,5,7,9,11-12H2,2H3. The fourth-order valence-electron chi connectivity index (χ4n) is 2.76. The van der Waals surface area contributed by atoms with Crippen LogP contribution in [0, 0.1) is 5.82 Å². The molecule has 0 saturated carbocycles. The summed E-state index contributed by atoms with van der Waals surface area (Å²) in [6.07, 6.45) is 2.32. The summed E-state index contributed by atoms with van der Waals surface area (Å²) in [6, 6.07) is 4.28. The summed E-state index contributed by atoms with van der Waals surface area (Å²) in [7, 11) is -2.38. The van der Waals surface area contributed by atoms with Crippen LogP contribution < -0.4 is 4.72 Å². The van der Waals surface area contributed by atoms with Crippen LogP contribution in [0.1, 0.15) is 12.8 Å². The van der Waals surface area contributed by atoms with E-state index in [4.69, 9.17) is 0 Å². The Bertz CT molecular complexity index is 797. The van der Waals surface area contributed by atoms with Gasteiger partial charge in [-0.25, -0.2) is 17.5 Å². The number of likely N-dealkylation sites (N-methyl/N-ethyl adjacent to an activating group) is 1. The van der Waals surface area contributed by atoms with Crippen molar-refractivity contribution in [3.05, 3.63) is 42.7 Å². The number of carbonyl (C=O) groups excluding carboxylic acids is 2. The number of hydrogen-bond donors (Lipinski definition) is 1. The number of halogens is 1. The molecule has 0 bridgehead atoms. The molecule has 1 N–H and O–H groups in total. The van der Waals surface area contributed by atoms with Gasteiger partial charge in [0, 0.05) is 26.2 Å². The molecule has 7 nitrogen and oxygen atoms in total. The zero-order valence-corrected chi connectivity index (χ0v) is 15.3. The van der Waals surface area contributed by atoms with Crippen molar-refractivity contribution in [2.45, 2.75) is 23.8 Å². The molecule has 1 aromatic carbocycles. The van der Waals surface area contributed by atoms with Crippen molar-refractivity contribution in [3.63, 3.8) is 0 Å². The number of piperidine rings is 1. The highest BCUT2D eigenvalue weighted by atomic mass is 32.2. The van der Waals surface area contributed by atoms with Crippen LogP contribution in [0.25, 0.3) is 0 Å². The summed E-state index contributed by atoms with van der Waals surface area (Å²) in [5.74, 6) is -1.26. The average molecular weight is 383 g/mol. The zero-order valence-electron chi connectivity index (χ0n) is 14.5. The van der Waals surface area contributed by atoms with E-state index >= 15 is 0 Å². The second-order valence-electron chi connectivity index (χ2n) is 6.16. The maximum absolute atomic E-state index is 13.3. The number of rotatable bonds is 6. The Labute approximate surface area is 152 Å². The van der Waals surface area contributed by atoms with Crippen LogP contribution in [-0.4, -0.2) is 62.8 Å². The van der Waals surface area contributed by atoms with E-state index in [0.29, 0.717) is 19.4 Å². The van der Waals surface area contributed by atoms with Gasteiger partial charge in [-0.1, -0.05) is 12.6 Å². The van der Waals surface area contributed by atoms with E-state index in [0.717, 1.165) is 12.1 Å². The summed E-state index contributed by atoms with van der Waals surface area (Å²) in [5, 5.41) is 0. The van der Waals surface area contributed by atoms with Gasteiger partial charge >= 0.3 is 0 Å². The smallest absolute Gasteiger partial charge is 0.246 e. The van der Waals surface area contributed by atoms with E-state index in [1.165, 1.54) is 35.0 Å². The van der Waals surface area contributed by atoms with E-state index in [9.17, 15) is 22.4 Å². The minimum absolute atomic E-state index is 0.103. The molecule has 142 valence electrons. The van der Waals surface area contributed by atoms with Crippen LogP contribution in [0.2, 0.25) is 0 Å². The first-order chi connectivity index (χ1) is 12.2. The first-order valence-electron chi connectivity index (χ1n) is 8.16. The van der Waals surface area contributed by atoms with Gasteiger partial charge in [-0.3, -0.25) is 9.59 Å². The van der Waals surface area contributed by atoms with Gasteiger partial charge in [0.15, 0.2) is 0 Å². The Morgan fingerprint density at radius 3 is 2.85 bits per heavy atom. The molecule has 2 rings (SSSR count). The summed E-state index contributed by atoms with van der Waals surface area (Å²) in [5.41, 5.74) is 0. The lowest BCUT2D eigenvalue weighted by molar-refractivity contribution is -0.138. The molecule has 0 aromatic heterocycles. The van der Waals surface area contributed by atoms with Gasteiger partial charge in [0.05, 0.1) is 11.4 Å². The molecule has 1 heterocycles. The van der Waals surface area contributed by atoms with Gasteiger partial charge in [0.1, 0.15) is 5.82 Å².